The first-order chi connectivity index (χ1) is 3.97. The highest BCUT2D eigenvalue weighted by Gasteiger charge is 1.90. The van der Waals surface area contributed by atoms with Crippen LogP contribution in [-0.4, -0.2) is 9.61 Å². The Morgan fingerprint density at radius 2 is 2.75 bits per heavy atom. The van der Waals surface area contributed by atoms with Crippen LogP contribution in [0.1, 0.15) is 0 Å². The molecule has 0 saturated carbocycles. The van der Waals surface area contributed by atoms with E-state index in [0.717, 1.165) is 4.83 Å². The number of rotatable bonds is 0. The van der Waals surface area contributed by atoms with Gasteiger partial charge in [0.1, 0.15) is 11.0 Å². The molecule has 0 saturated heterocycles. The fourth-order valence-corrected chi connectivity index (χ4v) is 1.15. The van der Waals surface area contributed by atoms with E-state index < -0.39 is 0 Å². The van der Waals surface area contributed by atoms with Gasteiger partial charge in [-0.3, -0.25) is 0 Å². The summed E-state index contributed by atoms with van der Waals surface area (Å²) in [5, 5.41) is 5.75. The van der Waals surface area contributed by atoms with Crippen molar-refractivity contribution < 1.29 is 0 Å². The standard InChI is InChI=1S/C5H2N2S/c1-2-6-7-3-4-8-5(1)7/h2,4H. The van der Waals surface area contributed by atoms with Crippen LogP contribution in [0.3, 0.4) is 0 Å². The number of aromatic nitrogens is 2. The summed E-state index contributed by atoms with van der Waals surface area (Å²) in [4.78, 5) is 1.02. The zero-order chi connectivity index (χ0) is 5.40. The molecule has 0 aliphatic carbocycles. The van der Waals surface area contributed by atoms with Gasteiger partial charge in [-0.15, -0.1) is 11.3 Å². The lowest BCUT2D eigenvalue weighted by Crippen LogP contribution is -1.74. The summed E-state index contributed by atoms with van der Waals surface area (Å²) in [6.45, 7) is 0. The largest absolute Gasteiger partial charge is 0.220 e. The lowest BCUT2D eigenvalue weighted by Gasteiger charge is -1.70. The van der Waals surface area contributed by atoms with Gasteiger partial charge >= 0.3 is 0 Å². The summed E-state index contributed by atoms with van der Waals surface area (Å²) >= 11 is 1.58. The zero-order valence-corrected chi connectivity index (χ0v) is 4.77. The van der Waals surface area contributed by atoms with Gasteiger partial charge in [-0.1, -0.05) is 0 Å². The predicted octanol–water partition coefficient (Wildman–Crippen LogP) is 0.996. The molecule has 0 spiro atoms. The second-order valence-corrected chi connectivity index (χ2v) is 2.23. The van der Waals surface area contributed by atoms with Crippen LogP contribution in [0.25, 0.3) is 4.83 Å². The van der Waals surface area contributed by atoms with Gasteiger partial charge in [-0.05, 0) is 0 Å². The third kappa shape index (κ3) is 0.391. The van der Waals surface area contributed by atoms with Crippen molar-refractivity contribution in [1.29, 1.82) is 0 Å². The molecule has 0 bridgehead atoms. The molecule has 2 nitrogen and oxygen atoms in total. The molecule has 8 heavy (non-hydrogen) atoms. The van der Waals surface area contributed by atoms with E-state index in [1.807, 2.05) is 5.38 Å². The number of nitrogens with zero attached hydrogens (tertiary/aromatic N) is 2. The number of hydrogen-bond acceptors (Lipinski definition) is 2. The molecule has 2 aromatic rings. The Balaban J connectivity index is 3.06. The zero-order valence-electron chi connectivity index (χ0n) is 3.96. The predicted molar refractivity (Wildman–Crippen MR) is 30.7 cm³/mol. The Morgan fingerprint density at radius 1 is 1.75 bits per heavy atom. The molecule has 0 aromatic carbocycles. The third-order valence-electron chi connectivity index (χ3n) is 0.899. The molecule has 0 N–H and O–H groups in total. The van der Waals surface area contributed by atoms with Crippen LogP contribution in [0.2, 0.25) is 0 Å². The molecule has 2 radical (unpaired) electrons. The second-order valence-electron chi connectivity index (χ2n) is 1.37. The molecule has 3 heteroatoms. The summed E-state index contributed by atoms with van der Waals surface area (Å²) in [7, 11) is 0. The summed E-state index contributed by atoms with van der Waals surface area (Å²) in [6, 6.07) is 2.94. The lowest BCUT2D eigenvalue weighted by molar-refractivity contribution is 0.970. The number of thiazole rings is 1. The second kappa shape index (κ2) is 1.32. The Hall–Kier alpha value is -0.830. The van der Waals surface area contributed by atoms with Gasteiger partial charge in [0.2, 0.25) is 0 Å². The molecule has 0 amide bonds. The molecule has 0 unspecified atom stereocenters. The van der Waals surface area contributed by atoms with Crippen molar-refractivity contribution in [3.8, 4) is 0 Å². The van der Waals surface area contributed by atoms with Crippen molar-refractivity contribution in [3.63, 3.8) is 0 Å². The van der Waals surface area contributed by atoms with E-state index in [1.165, 1.54) is 0 Å². The maximum Gasteiger partial charge on any atom is 0.128 e. The van der Waals surface area contributed by atoms with Gasteiger partial charge in [0.25, 0.3) is 0 Å². The first kappa shape index (κ1) is 4.09. The fourth-order valence-electron chi connectivity index (χ4n) is 0.563. The SMILES string of the molecule is [c]1cnn2[c]csc12. The molecular formula is C5H2N2S. The first-order valence-corrected chi connectivity index (χ1v) is 3.05. The van der Waals surface area contributed by atoms with Crippen molar-refractivity contribution in [1.82, 2.24) is 9.61 Å². The van der Waals surface area contributed by atoms with Crippen molar-refractivity contribution in [3.05, 3.63) is 23.8 Å². The highest BCUT2D eigenvalue weighted by molar-refractivity contribution is 7.15. The highest BCUT2D eigenvalue weighted by atomic mass is 32.1. The molecule has 0 atom stereocenters. The van der Waals surface area contributed by atoms with Crippen LogP contribution in [0.5, 0.6) is 0 Å². The van der Waals surface area contributed by atoms with E-state index in [9.17, 15) is 0 Å². The topological polar surface area (TPSA) is 17.3 Å². The van der Waals surface area contributed by atoms with Gasteiger partial charge < -0.3 is 0 Å². The lowest BCUT2D eigenvalue weighted by atomic mass is 10.8. The minimum Gasteiger partial charge on any atom is -0.220 e. The molecule has 38 valence electrons. The van der Waals surface area contributed by atoms with E-state index in [0.29, 0.717) is 0 Å². The van der Waals surface area contributed by atoms with Gasteiger partial charge in [-0.2, -0.15) is 5.10 Å². The third-order valence-corrected chi connectivity index (χ3v) is 1.64. The maximum atomic E-state index is 3.89. The van der Waals surface area contributed by atoms with Crippen LogP contribution in [0.4, 0.5) is 0 Å². The average molecular weight is 122 g/mol. The number of hydrogen-bond donors (Lipinski definition) is 0. The van der Waals surface area contributed by atoms with Gasteiger partial charge in [0.05, 0.1) is 6.20 Å². The monoisotopic (exact) mass is 122 g/mol. The minimum atomic E-state index is 1.02. The smallest absolute Gasteiger partial charge is 0.128 e. The molecule has 2 heterocycles. The van der Waals surface area contributed by atoms with Crippen LogP contribution in [0.15, 0.2) is 11.6 Å². The highest BCUT2D eigenvalue weighted by Crippen LogP contribution is 2.06. The normalized spacial score (nSPS) is 10.5. The molecule has 2 rings (SSSR count). The fraction of sp³-hybridized carbons (Fsp3) is 0. The first-order valence-electron chi connectivity index (χ1n) is 2.17. The van der Waals surface area contributed by atoms with E-state index in [4.69, 9.17) is 0 Å². The van der Waals surface area contributed by atoms with Gasteiger partial charge in [-0.25, -0.2) is 4.52 Å². The van der Waals surface area contributed by atoms with Crippen molar-refractivity contribution >= 4 is 16.2 Å². The maximum absolute atomic E-state index is 3.89. The molecular weight excluding hydrogens is 120 g/mol. The van der Waals surface area contributed by atoms with Crippen LogP contribution in [0, 0.1) is 12.3 Å². The Morgan fingerprint density at radius 3 is 3.62 bits per heavy atom. The van der Waals surface area contributed by atoms with Crippen molar-refractivity contribution in [2.45, 2.75) is 0 Å². The number of fused-ring (bicyclic) bond motifs is 1. The van der Waals surface area contributed by atoms with E-state index in [-0.39, 0.29) is 0 Å². The summed E-state index contributed by atoms with van der Waals surface area (Å²) < 4.78 is 1.67. The van der Waals surface area contributed by atoms with E-state index in [1.54, 1.807) is 22.0 Å². The molecule has 2 aromatic heterocycles. The summed E-state index contributed by atoms with van der Waals surface area (Å²) in [5.41, 5.74) is 0. The van der Waals surface area contributed by atoms with E-state index >= 15 is 0 Å². The van der Waals surface area contributed by atoms with Crippen LogP contribution >= 0.6 is 11.3 Å². The van der Waals surface area contributed by atoms with Crippen LogP contribution in [-0.2, 0) is 0 Å². The Labute approximate surface area is 50.4 Å². The minimum absolute atomic E-state index is 1.02. The summed E-state index contributed by atoms with van der Waals surface area (Å²) in [5.74, 6) is 0. The van der Waals surface area contributed by atoms with Gasteiger partial charge in [0.15, 0.2) is 0 Å². The van der Waals surface area contributed by atoms with E-state index in [2.05, 4.69) is 17.4 Å². The van der Waals surface area contributed by atoms with Gasteiger partial charge in [0, 0.05) is 11.4 Å². The molecule has 0 aliphatic rings. The Kier molecular flexibility index (Phi) is 0.676. The summed E-state index contributed by atoms with van der Waals surface area (Å²) in [6.07, 6.45) is 4.53. The average Bonchev–Trinajstić information content (AvgIpc) is 2.15. The molecule has 0 fully saturated rings. The van der Waals surface area contributed by atoms with Crippen molar-refractivity contribution in [2.75, 3.05) is 0 Å². The quantitative estimate of drug-likeness (QED) is 0.509. The Bertz CT molecular complexity index is 232. The van der Waals surface area contributed by atoms with Crippen molar-refractivity contribution in [2.24, 2.45) is 0 Å². The molecule has 0 aliphatic heterocycles. The van der Waals surface area contributed by atoms with Crippen LogP contribution < -0.4 is 0 Å².